The Hall–Kier alpha value is -1.15. The SMILES string of the molecule is CCc1ccccc1CN1CCC(=O)CC1. The zero-order valence-corrected chi connectivity index (χ0v) is 9.91. The fourth-order valence-corrected chi connectivity index (χ4v) is 2.26. The minimum Gasteiger partial charge on any atom is -0.300 e. The molecule has 0 atom stereocenters. The number of nitrogens with zero attached hydrogens (tertiary/aromatic N) is 1. The number of hydrogen-bond acceptors (Lipinski definition) is 2. The predicted octanol–water partition coefficient (Wildman–Crippen LogP) is 2.41. The molecule has 2 nitrogen and oxygen atoms in total. The zero-order valence-electron chi connectivity index (χ0n) is 9.91. The van der Waals surface area contributed by atoms with Gasteiger partial charge in [0, 0.05) is 32.5 Å². The number of benzene rings is 1. The summed E-state index contributed by atoms with van der Waals surface area (Å²) in [5, 5.41) is 0. The van der Waals surface area contributed by atoms with E-state index in [9.17, 15) is 4.79 Å². The average Bonchev–Trinajstić information content (AvgIpc) is 2.33. The van der Waals surface area contributed by atoms with E-state index in [0.717, 1.165) is 38.9 Å². The summed E-state index contributed by atoms with van der Waals surface area (Å²) in [7, 11) is 0. The molecule has 1 fully saturated rings. The van der Waals surface area contributed by atoms with Crippen LogP contribution in [0.5, 0.6) is 0 Å². The van der Waals surface area contributed by atoms with Gasteiger partial charge in [-0.25, -0.2) is 0 Å². The van der Waals surface area contributed by atoms with Crippen molar-refractivity contribution in [2.75, 3.05) is 13.1 Å². The molecule has 2 rings (SSSR count). The summed E-state index contributed by atoms with van der Waals surface area (Å²) in [4.78, 5) is 13.5. The van der Waals surface area contributed by atoms with Gasteiger partial charge in [-0.2, -0.15) is 0 Å². The van der Waals surface area contributed by atoms with E-state index < -0.39 is 0 Å². The molecule has 0 unspecified atom stereocenters. The molecule has 1 aromatic carbocycles. The van der Waals surface area contributed by atoms with E-state index >= 15 is 0 Å². The largest absolute Gasteiger partial charge is 0.300 e. The van der Waals surface area contributed by atoms with Crippen LogP contribution in [0.4, 0.5) is 0 Å². The van der Waals surface area contributed by atoms with E-state index in [2.05, 4.69) is 36.1 Å². The average molecular weight is 217 g/mol. The van der Waals surface area contributed by atoms with Crippen LogP contribution < -0.4 is 0 Å². The highest BCUT2D eigenvalue weighted by atomic mass is 16.1. The van der Waals surface area contributed by atoms with Crippen molar-refractivity contribution in [3.05, 3.63) is 35.4 Å². The van der Waals surface area contributed by atoms with Crippen LogP contribution >= 0.6 is 0 Å². The molecule has 0 amide bonds. The topological polar surface area (TPSA) is 20.3 Å². The third-order valence-corrected chi connectivity index (χ3v) is 3.31. The van der Waals surface area contributed by atoms with Crippen LogP contribution in [-0.2, 0) is 17.8 Å². The fourth-order valence-electron chi connectivity index (χ4n) is 2.26. The Morgan fingerprint density at radius 3 is 2.38 bits per heavy atom. The monoisotopic (exact) mass is 217 g/mol. The molecule has 1 aliphatic heterocycles. The first-order valence-corrected chi connectivity index (χ1v) is 6.10. The van der Waals surface area contributed by atoms with Gasteiger partial charge in [0.05, 0.1) is 0 Å². The molecule has 0 spiro atoms. The maximum atomic E-state index is 11.2. The second kappa shape index (κ2) is 5.26. The Morgan fingerprint density at radius 2 is 1.75 bits per heavy atom. The molecule has 0 aromatic heterocycles. The number of ketones is 1. The predicted molar refractivity (Wildman–Crippen MR) is 65.3 cm³/mol. The van der Waals surface area contributed by atoms with Crippen molar-refractivity contribution in [3.63, 3.8) is 0 Å². The van der Waals surface area contributed by atoms with E-state index in [-0.39, 0.29) is 0 Å². The van der Waals surface area contributed by atoms with Gasteiger partial charge in [0.2, 0.25) is 0 Å². The molecule has 1 heterocycles. The van der Waals surface area contributed by atoms with Crippen LogP contribution in [0.3, 0.4) is 0 Å². The Balaban J connectivity index is 2.00. The maximum Gasteiger partial charge on any atom is 0.135 e. The van der Waals surface area contributed by atoms with Crippen LogP contribution in [0, 0.1) is 0 Å². The number of carbonyl (C=O) groups excluding carboxylic acids is 1. The van der Waals surface area contributed by atoms with E-state index in [1.807, 2.05) is 0 Å². The summed E-state index contributed by atoms with van der Waals surface area (Å²) in [5.74, 6) is 0.417. The zero-order chi connectivity index (χ0) is 11.4. The van der Waals surface area contributed by atoms with Crippen LogP contribution in [-0.4, -0.2) is 23.8 Å². The van der Waals surface area contributed by atoms with Gasteiger partial charge >= 0.3 is 0 Å². The number of piperidine rings is 1. The summed E-state index contributed by atoms with van der Waals surface area (Å²) in [6, 6.07) is 8.60. The van der Waals surface area contributed by atoms with E-state index in [4.69, 9.17) is 0 Å². The normalized spacial score (nSPS) is 17.7. The number of likely N-dealkylation sites (tertiary alicyclic amines) is 1. The van der Waals surface area contributed by atoms with Crippen LogP contribution in [0.15, 0.2) is 24.3 Å². The highest BCUT2D eigenvalue weighted by Gasteiger charge is 2.16. The summed E-state index contributed by atoms with van der Waals surface area (Å²) >= 11 is 0. The Kier molecular flexibility index (Phi) is 3.73. The number of Topliss-reactive ketones (excluding diaryl/α,β-unsaturated/α-hetero) is 1. The smallest absolute Gasteiger partial charge is 0.135 e. The summed E-state index contributed by atoms with van der Waals surface area (Å²) in [5.41, 5.74) is 2.85. The summed E-state index contributed by atoms with van der Waals surface area (Å²) in [6.45, 7) is 5.05. The summed E-state index contributed by atoms with van der Waals surface area (Å²) in [6.07, 6.45) is 2.55. The van der Waals surface area contributed by atoms with Crippen molar-refractivity contribution in [2.45, 2.75) is 32.7 Å². The summed E-state index contributed by atoms with van der Waals surface area (Å²) < 4.78 is 0. The second-order valence-electron chi connectivity index (χ2n) is 4.44. The molecular weight excluding hydrogens is 198 g/mol. The minimum absolute atomic E-state index is 0.417. The molecule has 1 aliphatic rings. The Bertz CT molecular complexity index is 363. The maximum absolute atomic E-state index is 11.2. The first-order chi connectivity index (χ1) is 7.79. The fraction of sp³-hybridized carbons (Fsp3) is 0.500. The van der Waals surface area contributed by atoms with Crippen LogP contribution in [0.1, 0.15) is 30.9 Å². The molecule has 0 N–H and O–H groups in total. The molecule has 0 radical (unpaired) electrons. The molecule has 2 heteroatoms. The molecule has 16 heavy (non-hydrogen) atoms. The van der Waals surface area contributed by atoms with E-state index in [1.54, 1.807) is 0 Å². The third-order valence-electron chi connectivity index (χ3n) is 3.31. The number of carbonyl (C=O) groups is 1. The van der Waals surface area contributed by atoms with Gasteiger partial charge in [0.1, 0.15) is 5.78 Å². The molecule has 1 aromatic rings. The number of rotatable bonds is 3. The second-order valence-corrected chi connectivity index (χ2v) is 4.44. The quantitative estimate of drug-likeness (QED) is 0.775. The van der Waals surface area contributed by atoms with E-state index in [0.29, 0.717) is 5.78 Å². The number of hydrogen-bond donors (Lipinski definition) is 0. The molecule has 0 aliphatic carbocycles. The van der Waals surface area contributed by atoms with E-state index in [1.165, 1.54) is 11.1 Å². The van der Waals surface area contributed by atoms with Crippen LogP contribution in [0.25, 0.3) is 0 Å². The lowest BCUT2D eigenvalue weighted by atomic mass is 10.0. The van der Waals surface area contributed by atoms with Gasteiger partial charge in [-0.1, -0.05) is 31.2 Å². The first kappa shape index (κ1) is 11.3. The first-order valence-electron chi connectivity index (χ1n) is 6.10. The van der Waals surface area contributed by atoms with Crippen molar-refractivity contribution >= 4 is 5.78 Å². The molecule has 86 valence electrons. The Morgan fingerprint density at radius 1 is 1.12 bits per heavy atom. The highest BCUT2D eigenvalue weighted by Crippen LogP contribution is 2.15. The van der Waals surface area contributed by atoms with Gasteiger partial charge in [-0.05, 0) is 17.5 Å². The lowest BCUT2D eigenvalue weighted by Crippen LogP contribution is -2.33. The van der Waals surface area contributed by atoms with Crippen molar-refractivity contribution in [1.29, 1.82) is 0 Å². The molecular formula is C14H19NO. The van der Waals surface area contributed by atoms with Crippen LogP contribution in [0.2, 0.25) is 0 Å². The molecule has 0 bridgehead atoms. The van der Waals surface area contributed by atoms with Gasteiger partial charge in [0.15, 0.2) is 0 Å². The third kappa shape index (κ3) is 2.70. The van der Waals surface area contributed by atoms with Crippen molar-refractivity contribution < 1.29 is 4.79 Å². The van der Waals surface area contributed by atoms with Gasteiger partial charge < -0.3 is 0 Å². The highest BCUT2D eigenvalue weighted by molar-refractivity contribution is 5.79. The number of aryl methyl sites for hydroxylation is 1. The van der Waals surface area contributed by atoms with Crippen molar-refractivity contribution in [3.8, 4) is 0 Å². The lowest BCUT2D eigenvalue weighted by molar-refractivity contribution is -0.121. The van der Waals surface area contributed by atoms with Crippen molar-refractivity contribution in [2.24, 2.45) is 0 Å². The minimum atomic E-state index is 0.417. The van der Waals surface area contributed by atoms with Crippen molar-refractivity contribution in [1.82, 2.24) is 4.90 Å². The lowest BCUT2D eigenvalue weighted by Gasteiger charge is -2.26. The molecule has 1 saturated heterocycles. The van der Waals surface area contributed by atoms with Gasteiger partial charge in [-0.15, -0.1) is 0 Å². The standard InChI is InChI=1S/C14H19NO/c1-2-12-5-3-4-6-13(12)11-15-9-7-14(16)8-10-15/h3-6H,2,7-11H2,1H3. The Labute approximate surface area is 97.3 Å². The van der Waals surface area contributed by atoms with Gasteiger partial charge in [0.25, 0.3) is 0 Å². The van der Waals surface area contributed by atoms with Gasteiger partial charge in [-0.3, -0.25) is 9.69 Å². The molecule has 0 saturated carbocycles.